The zero-order valence-corrected chi connectivity index (χ0v) is 23.1. The van der Waals surface area contributed by atoms with Crippen LogP contribution in [0.2, 0.25) is 0 Å². The van der Waals surface area contributed by atoms with Crippen LogP contribution in [0.15, 0.2) is 24.0 Å². The molecule has 1 saturated heterocycles. The summed E-state index contributed by atoms with van der Waals surface area (Å²) in [7, 11) is 1.98. The van der Waals surface area contributed by atoms with E-state index in [1.54, 1.807) is 12.1 Å². The molecule has 1 spiro atoms. The summed E-state index contributed by atoms with van der Waals surface area (Å²) < 4.78 is 53.5. The van der Waals surface area contributed by atoms with Gasteiger partial charge in [0.2, 0.25) is 0 Å². The Kier molecular flexibility index (Phi) is 7.97. The molecule has 4 aliphatic rings. The summed E-state index contributed by atoms with van der Waals surface area (Å²) in [4.78, 5) is 47.1. The molecule has 15 heteroatoms. The van der Waals surface area contributed by atoms with Crippen LogP contribution >= 0.6 is 0 Å². The quantitative estimate of drug-likeness (QED) is 0.331. The van der Waals surface area contributed by atoms with E-state index in [1.807, 2.05) is 13.1 Å². The van der Waals surface area contributed by atoms with Crippen molar-refractivity contribution in [2.24, 2.45) is 0 Å². The predicted octanol–water partition coefficient (Wildman–Crippen LogP) is 1.73. The first kappa shape index (κ1) is 31.1. The first-order valence-electron chi connectivity index (χ1n) is 13.0. The molecule has 1 aromatic rings. The van der Waals surface area contributed by atoms with Crippen LogP contribution in [-0.2, 0) is 45.2 Å². The van der Waals surface area contributed by atoms with E-state index >= 15 is 0 Å². The standard InChI is InChI=1S/C25H29NO9.C2HF3O2/c1-12(32-14(3)27)22(29)33-13(2)23(30)34-17-7-8-25(31)18-11-15-5-6-16(28)20-19(15)24(25,21(17)35-20)9-10-26(18)4;3-2(4,5)1(6)7/h5-7,12-13,18,21,28,31H,8-11H2,1-4H3;(H,6,7)/t12-,13?,18+,21-,24-,25+;/m0./s1. The number of carbonyl (C=O) groups is 4. The van der Waals surface area contributed by atoms with Crippen LogP contribution in [0.4, 0.5) is 13.2 Å². The molecule has 42 heavy (non-hydrogen) atoms. The van der Waals surface area contributed by atoms with Crippen LogP contribution in [0.3, 0.4) is 0 Å². The van der Waals surface area contributed by atoms with Crippen molar-refractivity contribution in [3.63, 3.8) is 0 Å². The lowest BCUT2D eigenvalue weighted by Crippen LogP contribution is -2.74. The molecule has 1 aromatic carbocycles. The number of phenolic OH excluding ortho intramolecular Hbond substituents is 1. The Hall–Kier alpha value is -3.85. The highest BCUT2D eigenvalue weighted by Crippen LogP contribution is 2.65. The van der Waals surface area contributed by atoms with Gasteiger partial charge in [0.1, 0.15) is 5.76 Å². The minimum Gasteiger partial charge on any atom is -0.504 e. The summed E-state index contributed by atoms with van der Waals surface area (Å²) in [6.07, 6.45) is -5.31. The fraction of sp³-hybridized carbons (Fsp3) is 0.556. The summed E-state index contributed by atoms with van der Waals surface area (Å²) in [5, 5.41) is 29.8. The topological polar surface area (TPSA) is 169 Å². The van der Waals surface area contributed by atoms with Crippen molar-refractivity contribution in [2.45, 2.75) is 81.6 Å². The Bertz CT molecular complexity index is 1350. The SMILES string of the molecule is CC(=O)O[C@@H](C)C(=O)OC(C)C(=O)OC1=CC[C@@]2(O)[C@H]3Cc4ccc(O)c5c4[C@@]2(CCN3C)[C@H]1O5.O=C(O)C(F)(F)F. The molecule has 0 radical (unpaired) electrons. The number of nitrogens with zero attached hydrogens (tertiary/aromatic N) is 1. The van der Waals surface area contributed by atoms with Gasteiger partial charge in [-0.15, -0.1) is 0 Å². The average molecular weight is 602 g/mol. The van der Waals surface area contributed by atoms with E-state index in [-0.39, 0.29) is 24.0 Å². The number of halogens is 3. The molecule has 2 aliphatic heterocycles. The normalized spacial score (nSPS) is 28.4. The monoisotopic (exact) mass is 601 g/mol. The number of rotatable bonds is 5. The highest BCUT2D eigenvalue weighted by molar-refractivity contribution is 5.83. The second kappa shape index (κ2) is 10.8. The van der Waals surface area contributed by atoms with Gasteiger partial charge in [0.25, 0.3) is 0 Å². The molecule has 12 nitrogen and oxygen atoms in total. The fourth-order valence-electron chi connectivity index (χ4n) is 6.25. The second-order valence-corrected chi connectivity index (χ2v) is 10.7. The molecule has 1 fully saturated rings. The molecule has 2 aliphatic carbocycles. The molecule has 1 unspecified atom stereocenters. The number of likely N-dealkylation sites (tertiary alicyclic amines) is 1. The van der Waals surface area contributed by atoms with E-state index < -0.39 is 59.4 Å². The number of piperidine rings is 1. The Morgan fingerprint density at radius 3 is 2.33 bits per heavy atom. The number of aliphatic carboxylic acids is 1. The van der Waals surface area contributed by atoms with Gasteiger partial charge in [-0.2, -0.15) is 13.2 Å². The third-order valence-corrected chi connectivity index (χ3v) is 8.11. The third-order valence-electron chi connectivity index (χ3n) is 8.11. The number of aliphatic hydroxyl groups is 1. The Labute approximate surface area is 237 Å². The van der Waals surface area contributed by atoms with Crippen molar-refractivity contribution >= 4 is 23.9 Å². The van der Waals surface area contributed by atoms with Crippen LogP contribution in [0, 0.1) is 0 Å². The molecule has 0 amide bonds. The van der Waals surface area contributed by atoms with E-state index in [0.29, 0.717) is 25.1 Å². The number of hydrogen-bond donors (Lipinski definition) is 3. The number of esters is 3. The molecule has 230 valence electrons. The summed E-state index contributed by atoms with van der Waals surface area (Å²) in [6, 6.07) is 3.29. The van der Waals surface area contributed by atoms with Gasteiger partial charge in [0, 0.05) is 24.9 Å². The minimum absolute atomic E-state index is 0.0281. The van der Waals surface area contributed by atoms with Crippen LogP contribution < -0.4 is 4.74 Å². The summed E-state index contributed by atoms with van der Waals surface area (Å²) in [5.74, 6) is -4.61. The van der Waals surface area contributed by atoms with Crippen molar-refractivity contribution in [2.75, 3.05) is 13.6 Å². The number of benzene rings is 1. The minimum atomic E-state index is -5.08. The van der Waals surface area contributed by atoms with Gasteiger partial charge >= 0.3 is 30.1 Å². The lowest BCUT2D eigenvalue weighted by atomic mass is 9.50. The Morgan fingerprint density at radius 1 is 1.12 bits per heavy atom. The number of ether oxygens (including phenoxy) is 4. The number of phenols is 1. The Balaban J connectivity index is 0.000000517. The third kappa shape index (κ3) is 5.04. The lowest BCUT2D eigenvalue weighted by molar-refractivity contribution is -0.192. The first-order valence-corrected chi connectivity index (χ1v) is 13.0. The largest absolute Gasteiger partial charge is 0.504 e. The molecular weight excluding hydrogens is 571 g/mol. The van der Waals surface area contributed by atoms with Gasteiger partial charge in [-0.3, -0.25) is 4.79 Å². The van der Waals surface area contributed by atoms with Gasteiger partial charge in [0.15, 0.2) is 29.8 Å². The van der Waals surface area contributed by atoms with E-state index in [1.165, 1.54) is 20.8 Å². The molecule has 5 rings (SSSR count). The van der Waals surface area contributed by atoms with Crippen molar-refractivity contribution in [1.82, 2.24) is 4.90 Å². The maximum Gasteiger partial charge on any atom is 0.490 e. The molecule has 6 atom stereocenters. The van der Waals surface area contributed by atoms with Crippen LogP contribution in [0.5, 0.6) is 11.5 Å². The summed E-state index contributed by atoms with van der Waals surface area (Å²) >= 11 is 0. The summed E-state index contributed by atoms with van der Waals surface area (Å²) in [6.45, 7) is 4.57. The smallest absolute Gasteiger partial charge is 0.490 e. The summed E-state index contributed by atoms with van der Waals surface area (Å²) in [5.41, 5.74) is -0.286. The average Bonchev–Trinajstić information content (AvgIpc) is 3.24. The molecule has 2 bridgehead atoms. The zero-order valence-electron chi connectivity index (χ0n) is 23.1. The van der Waals surface area contributed by atoms with E-state index in [9.17, 15) is 37.8 Å². The van der Waals surface area contributed by atoms with E-state index in [4.69, 9.17) is 28.8 Å². The molecule has 0 saturated carbocycles. The number of carboxylic acid groups (broad SMARTS) is 1. The van der Waals surface area contributed by atoms with Gasteiger partial charge in [0.05, 0.1) is 11.0 Å². The van der Waals surface area contributed by atoms with Crippen LogP contribution in [-0.4, -0.2) is 93.8 Å². The number of hydrogen-bond acceptors (Lipinski definition) is 11. The van der Waals surface area contributed by atoms with Gasteiger partial charge in [-0.05, 0) is 58.0 Å². The van der Waals surface area contributed by atoms with Crippen molar-refractivity contribution in [3.05, 3.63) is 35.1 Å². The number of likely N-dealkylation sites (N-methyl/N-ethyl adjacent to an activating group) is 1. The Morgan fingerprint density at radius 2 is 1.74 bits per heavy atom. The predicted molar refractivity (Wildman–Crippen MR) is 133 cm³/mol. The van der Waals surface area contributed by atoms with Gasteiger partial charge < -0.3 is 39.2 Å². The van der Waals surface area contributed by atoms with Gasteiger partial charge in [-0.25, -0.2) is 14.4 Å². The maximum absolute atomic E-state index is 12.9. The highest BCUT2D eigenvalue weighted by atomic mass is 19.4. The molecule has 0 aromatic heterocycles. The number of alkyl halides is 3. The zero-order chi connectivity index (χ0) is 31.4. The number of carbonyl (C=O) groups excluding carboxylic acids is 3. The number of aromatic hydroxyl groups is 1. The maximum atomic E-state index is 12.9. The van der Waals surface area contributed by atoms with Crippen LogP contribution in [0.25, 0.3) is 0 Å². The van der Waals surface area contributed by atoms with Crippen molar-refractivity contribution < 1.29 is 66.6 Å². The van der Waals surface area contributed by atoms with Crippen molar-refractivity contribution in [3.8, 4) is 11.5 Å². The molecule has 2 heterocycles. The second-order valence-electron chi connectivity index (χ2n) is 10.7. The number of carboxylic acids is 1. The first-order chi connectivity index (χ1) is 19.4. The van der Waals surface area contributed by atoms with Crippen molar-refractivity contribution in [1.29, 1.82) is 0 Å². The molecular formula is C27H30F3NO11. The molecule has 3 N–H and O–H groups in total. The highest BCUT2D eigenvalue weighted by Gasteiger charge is 2.72. The van der Waals surface area contributed by atoms with E-state index in [0.717, 1.165) is 11.1 Å². The lowest BCUT2D eigenvalue weighted by Gasteiger charge is -2.61. The van der Waals surface area contributed by atoms with Gasteiger partial charge in [-0.1, -0.05) is 6.07 Å². The van der Waals surface area contributed by atoms with Crippen LogP contribution in [0.1, 0.15) is 44.7 Å². The fourth-order valence-corrected chi connectivity index (χ4v) is 6.25. The van der Waals surface area contributed by atoms with E-state index in [2.05, 4.69) is 4.90 Å².